The van der Waals surface area contributed by atoms with Crippen molar-refractivity contribution in [2.24, 2.45) is 5.16 Å². The molecule has 28 heavy (non-hydrogen) atoms. The Labute approximate surface area is 164 Å². The number of oxime groups is 1. The highest BCUT2D eigenvalue weighted by Gasteiger charge is 2.30. The monoisotopic (exact) mass is 384 g/mol. The summed E-state index contributed by atoms with van der Waals surface area (Å²) in [7, 11) is 4.65. The van der Waals surface area contributed by atoms with Gasteiger partial charge in [-0.2, -0.15) is 0 Å². The number of methoxy groups -OCH3 is 3. The Balaban J connectivity index is 1.70. The van der Waals surface area contributed by atoms with Crippen molar-refractivity contribution in [2.75, 3.05) is 21.3 Å². The summed E-state index contributed by atoms with van der Waals surface area (Å²) in [6.45, 7) is 1.93. The number of carbonyl (C=O) groups excluding carboxylic acids is 1. The van der Waals surface area contributed by atoms with Crippen LogP contribution in [0, 0.1) is 0 Å². The number of benzene rings is 2. The Kier molecular flexibility index (Phi) is 6.03. The van der Waals surface area contributed by atoms with Crippen LogP contribution in [0.3, 0.4) is 0 Å². The van der Waals surface area contributed by atoms with Gasteiger partial charge in [0.15, 0.2) is 11.5 Å². The first-order chi connectivity index (χ1) is 13.6. The Morgan fingerprint density at radius 3 is 2.32 bits per heavy atom. The van der Waals surface area contributed by atoms with Gasteiger partial charge in [-0.25, -0.2) is 0 Å². The lowest BCUT2D eigenvalue weighted by Crippen LogP contribution is -2.36. The van der Waals surface area contributed by atoms with Gasteiger partial charge in [-0.15, -0.1) is 0 Å². The Morgan fingerprint density at radius 2 is 1.75 bits per heavy atom. The SMILES string of the molecule is COc1cc(C2=NO[C@@H](C(=O)N[C@@H](C)c3ccccc3)C2)cc(OC)c1OC. The van der Waals surface area contributed by atoms with Gasteiger partial charge in [-0.05, 0) is 24.6 Å². The highest BCUT2D eigenvalue weighted by molar-refractivity contribution is 6.04. The molecular weight excluding hydrogens is 360 g/mol. The number of hydrogen-bond acceptors (Lipinski definition) is 6. The third-order valence-electron chi connectivity index (χ3n) is 4.62. The molecule has 0 spiro atoms. The van der Waals surface area contributed by atoms with Crippen molar-refractivity contribution in [3.05, 3.63) is 53.6 Å². The molecule has 3 rings (SSSR count). The van der Waals surface area contributed by atoms with Crippen molar-refractivity contribution in [3.63, 3.8) is 0 Å². The summed E-state index contributed by atoms with van der Waals surface area (Å²) in [6.07, 6.45) is -0.327. The fourth-order valence-electron chi connectivity index (χ4n) is 3.07. The van der Waals surface area contributed by atoms with E-state index < -0.39 is 6.10 Å². The van der Waals surface area contributed by atoms with Crippen LogP contribution in [0.1, 0.15) is 30.5 Å². The van der Waals surface area contributed by atoms with Crippen LogP contribution in [0.25, 0.3) is 0 Å². The standard InChI is InChI=1S/C21H24N2O5/c1-13(14-8-6-5-7-9-14)22-21(24)19-12-16(23-28-19)15-10-17(25-2)20(27-4)18(11-15)26-3/h5-11,13,19H,12H2,1-4H3,(H,22,24)/t13-,19+/m0/s1. The molecule has 2 aromatic rings. The molecule has 7 nitrogen and oxygen atoms in total. The average molecular weight is 384 g/mol. The lowest BCUT2D eigenvalue weighted by atomic mass is 10.0. The lowest BCUT2D eigenvalue weighted by Gasteiger charge is -2.16. The quantitative estimate of drug-likeness (QED) is 0.794. The molecule has 0 aliphatic carbocycles. The van der Waals surface area contributed by atoms with Gasteiger partial charge in [0.1, 0.15) is 0 Å². The van der Waals surface area contributed by atoms with E-state index in [9.17, 15) is 4.79 Å². The number of ether oxygens (including phenoxy) is 3. The molecule has 0 radical (unpaired) electrons. The number of nitrogens with zero attached hydrogens (tertiary/aromatic N) is 1. The highest BCUT2D eigenvalue weighted by atomic mass is 16.6. The third kappa shape index (κ3) is 4.03. The van der Waals surface area contributed by atoms with E-state index in [-0.39, 0.29) is 11.9 Å². The molecule has 1 aliphatic rings. The van der Waals surface area contributed by atoms with Crippen molar-refractivity contribution in [3.8, 4) is 17.2 Å². The van der Waals surface area contributed by atoms with Crippen LogP contribution < -0.4 is 19.5 Å². The van der Waals surface area contributed by atoms with E-state index in [0.29, 0.717) is 29.4 Å². The predicted octanol–water partition coefficient (Wildman–Crippen LogP) is 3.08. The molecule has 0 fully saturated rings. The summed E-state index contributed by atoms with van der Waals surface area (Å²) in [5.74, 6) is 1.33. The minimum absolute atomic E-state index is 0.123. The first-order valence-corrected chi connectivity index (χ1v) is 8.95. The van der Waals surface area contributed by atoms with Crippen LogP contribution in [0.15, 0.2) is 47.6 Å². The number of rotatable bonds is 7. The maximum Gasteiger partial charge on any atom is 0.264 e. The molecule has 0 bridgehead atoms. The normalized spacial score (nSPS) is 16.6. The van der Waals surface area contributed by atoms with Crippen LogP contribution in [0.5, 0.6) is 17.2 Å². The van der Waals surface area contributed by atoms with Gasteiger partial charge in [-0.1, -0.05) is 35.5 Å². The summed E-state index contributed by atoms with van der Waals surface area (Å²) in [5.41, 5.74) is 2.42. The van der Waals surface area contributed by atoms with Crippen LogP contribution >= 0.6 is 0 Å². The van der Waals surface area contributed by atoms with Crippen LogP contribution in [-0.4, -0.2) is 39.1 Å². The molecule has 7 heteroatoms. The molecule has 0 unspecified atom stereocenters. The predicted molar refractivity (Wildman–Crippen MR) is 105 cm³/mol. The first kappa shape index (κ1) is 19.5. The molecule has 0 aromatic heterocycles. The maximum atomic E-state index is 12.6. The molecule has 1 amide bonds. The van der Waals surface area contributed by atoms with Gasteiger partial charge in [0.2, 0.25) is 11.9 Å². The van der Waals surface area contributed by atoms with Gasteiger partial charge in [0.05, 0.1) is 33.1 Å². The summed E-state index contributed by atoms with van der Waals surface area (Å²) in [6, 6.07) is 13.2. The minimum atomic E-state index is -0.680. The molecule has 2 aromatic carbocycles. The fraction of sp³-hybridized carbons (Fsp3) is 0.333. The zero-order chi connectivity index (χ0) is 20.1. The van der Waals surface area contributed by atoms with E-state index in [2.05, 4.69) is 10.5 Å². The number of nitrogens with one attached hydrogen (secondary N) is 1. The lowest BCUT2D eigenvalue weighted by molar-refractivity contribution is -0.131. The second-order valence-corrected chi connectivity index (χ2v) is 6.39. The van der Waals surface area contributed by atoms with Crippen LogP contribution in [-0.2, 0) is 9.63 Å². The molecule has 1 N–H and O–H groups in total. The van der Waals surface area contributed by atoms with Gasteiger partial charge < -0.3 is 24.4 Å². The highest BCUT2D eigenvalue weighted by Crippen LogP contribution is 2.39. The molecule has 1 heterocycles. The molecule has 148 valence electrons. The smallest absolute Gasteiger partial charge is 0.264 e. The topological polar surface area (TPSA) is 78.4 Å². The molecule has 0 saturated heterocycles. The largest absolute Gasteiger partial charge is 0.493 e. The van der Waals surface area contributed by atoms with Gasteiger partial charge in [-0.3, -0.25) is 4.79 Å². The van der Waals surface area contributed by atoms with E-state index >= 15 is 0 Å². The van der Waals surface area contributed by atoms with E-state index in [1.54, 1.807) is 33.5 Å². The molecule has 2 atom stereocenters. The second-order valence-electron chi connectivity index (χ2n) is 6.39. The fourth-order valence-corrected chi connectivity index (χ4v) is 3.07. The summed E-state index contributed by atoms with van der Waals surface area (Å²) < 4.78 is 16.1. The minimum Gasteiger partial charge on any atom is -0.493 e. The van der Waals surface area contributed by atoms with Crippen LogP contribution in [0.4, 0.5) is 0 Å². The number of carbonyl (C=O) groups is 1. The van der Waals surface area contributed by atoms with Crippen molar-refractivity contribution < 1.29 is 23.8 Å². The van der Waals surface area contributed by atoms with Gasteiger partial charge >= 0.3 is 0 Å². The van der Waals surface area contributed by atoms with E-state index in [1.165, 1.54) is 0 Å². The van der Waals surface area contributed by atoms with Gasteiger partial charge in [0, 0.05) is 12.0 Å². The molecule has 0 saturated carbocycles. The van der Waals surface area contributed by atoms with E-state index in [4.69, 9.17) is 19.0 Å². The Hall–Kier alpha value is -3.22. The van der Waals surface area contributed by atoms with Crippen molar-refractivity contribution in [2.45, 2.75) is 25.5 Å². The Bertz CT molecular complexity index is 841. The van der Waals surface area contributed by atoms with Crippen molar-refractivity contribution in [1.82, 2.24) is 5.32 Å². The average Bonchev–Trinajstić information content (AvgIpc) is 3.23. The third-order valence-corrected chi connectivity index (χ3v) is 4.62. The van der Waals surface area contributed by atoms with Crippen molar-refractivity contribution in [1.29, 1.82) is 0 Å². The number of amides is 1. The zero-order valence-electron chi connectivity index (χ0n) is 16.4. The van der Waals surface area contributed by atoms with E-state index in [1.807, 2.05) is 37.3 Å². The molecular formula is C21H24N2O5. The van der Waals surface area contributed by atoms with E-state index in [0.717, 1.165) is 11.1 Å². The van der Waals surface area contributed by atoms with Crippen molar-refractivity contribution >= 4 is 11.6 Å². The number of hydrogen-bond donors (Lipinski definition) is 1. The maximum absolute atomic E-state index is 12.6. The molecule has 1 aliphatic heterocycles. The summed E-state index contributed by atoms with van der Waals surface area (Å²) in [5, 5.41) is 7.07. The zero-order valence-corrected chi connectivity index (χ0v) is 16.4. The van der Waals surface area contributed by atoms with Crippen LogP contribution in [0.2, 0.25) is 0 Å². The first-order valence-electron chi connectivity index (χ1n) is 8.95. The summed E-state index contributed by atoms with van der Waals surface area (Å²) >= 11 is 0. The summed E-state index contributed by atoms with van der Waals surface area (Å²) in [4.78, 5) is 18.0. The second kappa shape index (κ2) is 8.65. The Morgan fingerprint density at radius 1 is 1.11 bits per heavy atom. The van der Waals surface area contributed by atoms with Gasteiger partial charge in [0.25, 0.3) is 5.91 Å².